The third kappa shape index (κ3) is 2.51. The Balaban J connectivity index is 2.42. The van der Waals surface area contributed by atoms with E-state index in [9.17, 15) is 9.59 Å². The number of carboxylic acid groups (broad SMARTS) is 2. The summed E-state index contributed by atoms with van der Waals surface area (Å²) in [6, 6.07) is 7.38. The molecule has 1 heterocycles. The zero-order valence-corrected chi connectivity index (χ0v) is 9.64. The minimum Gasteiger partial charge on any atom is -0.481 e. The summed E-state index contributed by atoms with van der Waals surface area (Å²) in [6.07, 6.45) is 0.199. The highest BCUT2D eigenvalue weighted by molar-refractivity contribution is 5.88. The summed E-state index contributed by atoms with van der Waals surface area (Å²) in [6.45, 7) is 0. The van der Waals surface area contributed by atoms with Crippen LogP contribution in [-0.4, -0.2) is 27.1 Å². The van der Waals surface area contributed by atoms with Crippen LogP contribution in [-0.2, 0) is 22.4 Å². The highest BCUT2D eigenvalue weighted by Gasteiger charge is 2.14. The Kier molecular flexibility index (Phi) is 3.32. The number of hydrogen-bond acceptors (Lipinski definition) is 2. The van der Waals surface area contributed by atoms with E-state index in [4.69, 9.17) is 10.2 Å². The summed E-state index contributed by atoms with van der Waals surface area (Å²) in [7, 11) is 0. The predicted octanol–water partition coefficient (Wildman–Crippen LogP) is 1.81. The van der Waals surface area contributed by atoms with Crippen LogP contribution in [0.3, 0.4) is 0 Å². The highest BCUT2D eigenvalue weighted by atomic mass is 16.4. The Morgan fingerprint density at radius 2 is 1.83 bits per heavy atom. The second-order valence-electron chi connectivity index (χ2n) is 4.09. The molecule has 1 aromatic carbocycles. The Morgan fingerprint density at radius 3 is 2.50 bits per heavy atom. The quantitative estimate of drug-likeness (QED) is 0.751. The van der Waals surface area contributed by atoms with Crippen molar-refractivity contribution in [3.05, 3.63) is 35.5 Å². The van der Waals surface area contributed by atoms with Crippen molar-refractivity contribution in [2.75, 3.05) is 0 Å². The fourth-order valence-electron chi connectivity index (χ4n) is 2.05. The number of aryl methyl sites for hydroxylation is 1. The van der Waals surface area contributed by atoms with Crippen molar-refractivity contribution in [3.63, 3.8) is 0 Å². The second kappa shape index (κ2) is 4.91. The van der Waals surface area contributed by atoms with E-state index in [1.807, 2.05) is 24.3 Å². The molecule has 0 amide bonds. The van der Waals surface area contributed by atoms with Crippen LogP contribution < -0.4 is 0 Å². The molecule has 0 bridgehead atoms. The van der Waals surface area contributed by atoms with Crippen molar-refractivity contribution in [1.82, 2.24) is 4.98 Å². The van der Waals surface area contributed by atoms with Gasteiger partial charge in [-0.2, -0.15) is 0 Å². The zero-order valence-electron chi connectivity index (χ0n) is 9.64. The minimum atomic E-state index is -0.920. The molecule has 94 valence electrons. The number of H-pyrrole nitrogens is 1. The number of hydrogen-bond donors (Lipinski definition) is 3. The molecule has 0 saturated carbocycles. The maximum absolute atomic E-state index is 10.9. The van der Waals surface area contributed by atoms with Gasteiger partial charge in [0.05, 0.1) is 12.8 Å². The van der Waals surface area contributed by atoms with E-state index in [0.717, 1.165) is 10.9 Å². The average Bonchev–Trinajstić information content (AvgIpc) is 2.64. The number of aromatic nitrogens is 1. The number of aromatic amines is 1. The van der Waals surface area contributed by atoms with Gasteiger partial charge in [-0.1, -0.05) is 18.2 Å². The average molecular weight is 247 g/mol. The van der Waals surface area contributed by atoms with Crippen LogP contribution in [0, 0.1) is 0 Å². The maximum Gasteiger partial charge on any atom is 0.307 e. The van der Waals surface area contributed by atoms with Gasteiger partial charge in [-0.15, -0.1) is 0 Å². The van der Waals surface area contributed by atoms with Crippen LogP contribution in [0.25, 0.3) is 10.9 Å². The van der Waals surface area contributed by atoms with E-state index in [1.54, 1.807) is 0 Å². The lowest BCUT2D eigenvalue weighted by Crippen LogP contribution is -2.04. The van der Waals surface area contributed by atoms with Gasteiger partial charge in [0.1, 0.15) is 0 Å². The van der Waals surface area contributed by atoms with Crippen LogP contribution in [0.1, 0.15) is 17.7 Å². The standard InChI is InChI=1S/C13H13NO4/c15-12(16)6-5-11-9(7-13(17)18)8-3-1-2-4-10(8)14-11/h1-4,14H,5-7H2,(H,15,16)(H,17,18). The van der Waals surface area contributed by atoms with Gasteiger partial charge in [-0.05, 0) is 18.1 Å². The van der Waals surface area contributed by atoms with Crippen molar-refractivity contribution in [2.45, 2.75) is 19.3 Å². The van der Waals surface area contributed by atoms with Crippen molar-refractivity contribution in [3.8, 4) is 0 Å². The summed E-state index contributed by atoms with van der Waals surface area (Å²) in [5.74, 6) is -1.81. The van der Waals surface area contributed by atoms with E-state index in [0.29, 0.717) is 17.7 Å². The fourth-order valence-corrected chi connectivity index (χ4v) is 2.05. The van der Waals surface area contributed by atoms with Gasteiger partial charge < -0.3 is 15.2 Å². The molecule has 18 heavy (non-hydrogen) atoms. The largest absolute Gasteiger partial charge is 0.481 e. The monoisotopic (exact) mass is 247 g/mol. The lowest BCUT2D eigenvalue weighted by atomic mass is 10.0. The number of carboxylic acids is 2. The summed E-state index contributed by atoms with van der Waals surface area (Å²) in [4.78, 5) is 24.6. The number of fused-ring (bicyclic) bond motifs is 1. The van der Waals surface area contributed by atoms with E-state index in [2.05, 4.69) is 4.98 Å². The molecule has 0 aliphatic carbocycles. The fraction of sp³-hybridized carbons (Fsp3) is 0.231. The molecule has 0 atom stereocenters. The lowest BCUT2D eigenvalue weighted by molar-refractivity contribution is -0.137. The number of aliphatic carboxylic acids is 2. The molecule has 0 spiro atoms. The number of rotatable bonds is 5. The van der Waals surface area contributed by atoms with Gasteiger partial charge in [0.25, 0.3) is 0 Å². The Labute approximate surface area is 103 Å². The summed E-state index contributed by atoms with van der Waals surface area (Å²) in [5.41, 5.74) is 2.22. The molecular formula is C13H13NO4. The Morgan fingerprint density at radius 1 is 1.11 bits per heavy atom. The molecule has 0 aliphatic rings. The smallest absolute Gasteiger partial charge is 0.307 e. The lowest BCUT2D eigenvalue weighted by Gasteiger charge is -2.00. The third-order valence-electron chi connectivity index (χ3n) is 2.82. The summed E-state index contributed by atoms with van der Waals surface area (Å²) < 4.78 is 0. The maximum atomic E-state index is 10.9. The van der Waals surface area contributed by atoms with Crippen LogP contribution >= 0.6 is 0 Å². The molecular weight excluding hydrogens is 234 g/mol. The molecule has 0 fully saturated rings. The zero-order chi connectivity index (χ0) is 13.1. The van der Waals surface area contributed by atoms with Gasteiger partial charge in [0.2, 0.25) is 0 Å². The van der Waals surface area contributed by atoms with Crippen molar-refractivity contribution >= 4 is 22.8 Å². The topological polar surface area (TPSA) is 90.4 Å². The molecule has 0 unspecified atom stereocenters. The first-order valence-electron chi connectivity index (χ1n) is 5.60. The second-order valence-corrected chi connectivity index (χ2v) is 4.09. The first kappa shape index (κ1) is 12.2. The number of nitrogens with one attached hydrogen (secondary N) is 1. The van der Waals surface area contributed by atoms with Crippen molar-refractivity contribution < 1.29 is 19.8 Å². The molecule has 2 rings (SSSR count). The highest BCUT2D eigenvalue weighted by Crippen LogP contribution is 2.24. The molecule has 0 saturated heterocycles. The van der Waals surface area contributed by atoms with Crippen LogP contribution in [0.15, 0.2) is 24.3 Å². The van der Waals surface area contributed by atoms with E-state index in [-0.39, 0.29) is 12.8 Å². The minimum absolute atomic E-state index is 0.0144. The molecule has 1 aromatic heterocycles. The first-order valence-corrected chi connectivity index (χ1v) is 5.60. The van der Waals surface area contributed by atoms with Gasteiger partial charge in [0.15, 0.2) is 0 Å². The molecule has 0 radical (unpaired) electrons. The number of carbonyl (C=O) groups is 2. The predicted molar refractivity (Wildman–Crippen MR) is 65.6 cm³/mol. The SMILES string of the molecule is O=C(O)CCc1[nH]c2ccccc2c1CC(=O)O. The van der Waals surface area contributed by atoms with Gasteiger partial charge in [0, 0.05) is 16.6 Å². The molecule has 0 aliphatic heterocycles. The van der Waals surface area contributed by atoms with Crippen molar-refractivity contribution in [2.24, 2.45) is 0 Å². The summed E-state index contributed by atoms with van der Waals surface area (Å²) >= 11 is 0. The Bertz CT molecular complexity index is 600. The third-order valence-corrected chi connectivity index (χ3v) is 2.82. The first-order chi connectivity index (χ1) is 8.58. The molecule has 2 aromatic rings. The van der Waals surface area contributed by atoms with Gasteiger partial charge in [-0.25, -0.2) is 0 Å². The van der Waals surface area contributed by atoms with Crippen LogP contribution in [0.5, 0.6) is 0 Å². The molecule has 3 N–H and O–H groups in total. The normalized spacial score (nSPS) is 10.7. The number of benzene rings is 1. The van der Waals surface area contributed by atoms with Gasteiger partial charge >= 0.3 is 11.9 Å². The van der Waals surface area contributed by atoms with Crippen LogP contribution in [0.2, 0.25) is 0 Å². The Hall–Kier alpha value is -2.30. The molecule has 5 nitrogen and oxygen atoms in total. The summed E-state index contributed by atoms with van der Waals surface area (Å²) in [5, 5.41) is 18.5. The van der Waals surface area contributed by atoms with Crippen molar-refractivity contribution in [1.29, 1.82) is 0 Å². The van der Waals surface area contributed by atoms with E-state index >= 15 is 0 Å². The molecule has 5 heteroatoms. The number of para-hydroxylation sites is 1. The van der Waals surface area contributed by atoms with E-state index < -0.39 is 11.9 Å². The van der Waals surface area contributed by atoms with Gasteiger partial charge in [-0.3, -0.25) is 9.59 Å². The van der Waals surface area contributed by atoms with E-state index in [1.165, 1.54) is 0 Å². The van der Waals surface area contributed by atoms with Crippen LogP contribution in [0.4, 0.5) is 0 Å².